The number of carbonyl (C=O) groups excluding carboxylic acids is 3. The van der Waals surface area contributed by atoms with Crippen molar-refractivity contribution in [3.05, 3.63) is 24.3 Å². The van der Waals surface area contributed by atoms with Gasteiger partial charge < -0.3 is 24.5 Å². The van der Waals surface area contributed by atoms with Gasteiger partial charge >= 0.3 is 0 Å². The number of aliphatic hydroxyl groups is 1. The van der Waals surface area contributed by atoms with E-state index < -0.39 is 34.6 Å². The highest BCUT2D eigenvalue weighted by molar-refractivity contribution is 6.00. The number of nitrogens with zero attached hydrogens (tertiary/aromatic N) is 3. The number of aliphatic hydroxyl groups excluding tert-OH is 1. The topological polar surface area (TPSA) is 90.4 Å². The standard InChI is InChI=1S/C25H37N3O5/c1-23(2,3)28-15-10-12-25-18(17-20(30)26(5)13-9-11-24(17,4)33-25)21(31)27(19(25)22(28)32)14-7-6-8-16-29/h9-12,17-19,29H,6-8,13-16H2,1-5H3/t17-,18+,19?,24+,25+/m1/s1. The summed E-state index contributed by atoms with van der Waals surface area (Å²) in [5.74, 6) is -1.92. The van der Waals surface area contributed by atoms with Crippen LogP contribution in [0.1, 0.15) is 47.0 Å². The Hall–Kier alpha value is -2.19. The fraction of sp³-hybridized carbons (Fsp3) is 0.720. The predicted molar refractivity (Wildman–Crippen MR) is 123 cm³/mol. The van der Waals surface area contributed by atoms with Crippen molar-refractivity contribution in [1.29, 1.82) is 0 Å². The quantitative estimate of drug-likeness (QED) is 0.495. The summed E-state index contributed by atoms with van der Waals surface area (Å²) in [6.45, 7) is 9.19. The van der Waals surface area contributed by atoms with Crippen LogP contribution in [0.4, 0.5) is 0 Å². The van der Waals surface area contributed by atoms with E-state index in [-0.39, 0.29) is 24.3 Å². The highest BCUT2D eigenvalue weighted by atomic mass is 16.5. The Balaban J connectivity index is 1.82. The summed E-state index contributed by atoms with van der Waals surface area (Å²) < 4.78 is 6.74. The van der Waals surface area contributed by atoms with Crippen LogP contribution in [0.2, 0.25) is 0 Å². The van der Waals surface area contributed by atoms with Gasteiger partial charge in [0, 0.05) is 38.8 Å². The van der Waals surface area contributed by atoms with Crippen LogP contribution >= 0.6 is 0 Å². The van der Waals surface area contributed by atoms with E-state index in [9.17, 15) is 14.4 Å². The maximum atomic E-state index is 14.0. The molecule has 0 aromatic rings. The fourth-order valence-corrected chi connectivity index (χ4v) is 6.06. The lowest BCUT2D eigenvalue weighted by molar-refractivity contribution is -0.155. The normalized spacial score (nSPS) is 36.1. The zero-order chi connectivity index (χ0) is 24.2. The van der Waals surface area contributed by atoms with Gasteiger partial charge in [-0.25, -0.2) is 0 Å². The number of amides is 3. The van der Waals surface area contributed by atoms with Crippen molar-refractivity contribution in [2.75, 3.05) is 33.3 Å². The Morgan fingerprint density at radius 2 is 1.70 bits per heavy atom. The van der Waals surface area contributed by atoms with E-state index in [1.54, 1.807) is 21.7 Å². The third-order valence-corrected chi connectivity index (χ3v) is 7.63. The van der Waals surface area contributed by atoms with Crippen LogP contribution in [0.5, 0.6) is 0 Å². The number of fused-ring (bicyclic) bond motifs is 2. The van der Waals surface area contributed by atoms with E-state index in [4.69, 9.17) is 9.84 Å². The Morgan fingerprint density at radius 3 is 2.36 bits per heavy atom. The molecule has 0 radical (unpaired) electrons. The van der Waals surface area contributed by atoms with Gasteiger partial charge in [0.1, 0.15) is 11.6 Å². The number of ether oxygens (including phenoxy) is 1. The van der Waals surface area contributed by atoms with Crippen LogP contribution in [0.25, 0.3) is 0 Å². The first-order valence-corrected chi connectivity index (χ1v) is 12.0. The molecule has 2 saturated heterocycles. The lowest BCUT2D eigenvalue weighted by atomic mass is 9.74. The van der Waals surface area contributed by atoms with E-state index in [0.717, 1.165) is 6.42 Å². The molecule has 0 aliphatic carbocycles. The summed E-state index contributed by atoms with van der Waals surface area (Å²) in [7, 11) is 1.74. The maximum Gasteiger partial charge on any atom is 0.249 e. The van der Waals surface area contributed by atoms with E-state index in [0.29, 0.717) is 32.5 Å². The number of likely N-dealkylation sites (N-methyl/N-ethyl adjacent to an activating group) is 1. The summed E-state index contributed by atoms with van der Waals surface area (Å²) in [6, 6.07) is -0.822. The van der Waals surface area contributed by atoms with Crippen LogP contribution in [0, 0.1) is 11.8 Å². The number of carbonyl (C=O) groups is 3. The van der Waals surface area contributed by atoms with Gasteiger partial charge in [-0.05, 0) is 47.0 Å². The lowest BCUT2D eigenvalue weighted by Crippen LogP contribution is -2.59. The van der Waals surface area contributed by atoms with Gasteiger partial charge in [0.05, 0.1) is 17.4 Å². The molecule has 8 nitrogen and oxygen atoms in total. The van der Waals surface area contributed by atoms with Gasteiger partial charge in [-0.3, -0.25) is 14.4 Å². The molecule has 2 fully saturated rings. The average molecular weight is 460 g/mol. The lowest BCUT2D eigenvalue weighted by Gasteiger charge is -2.41. The van der Waals surface area contributed by atoms with Crippen molar-refractivity contribution in [2.45, 2.75) is 69.7 Å². The van der Waals surface area contributed by atoms with Crippen molar-refractivity contribution >= 4 is 17.7 Å². The van der Waals surface area contributed by atoms with Gasteiger partial charge in [-0.1, -0.05) is 24.3 Å². The van der Waals surface area contributed by atoms with Gasteiger partial charge in [0.15, 0.2) is 0 Å². The van der Waals surface area contributed by atoms with Crippen molar-refractivity contribution in [3.63, 3.8) is 0 Å². The molecule has 3 amide bonds. The van der Waals surface area contributed by atoms with Crippen LogP contribution in [-0.4, -0.2) is 93.6 Å². The van der Waals surface area contributed by atoms with E-state index >= 15 is 0 Å². The first kappa shape index (κ1) is 24.0. The molecule has 1 N–H and O–H groups in total. The number of likely N-dealkylation sites (tertiary alicyclic amines) is 1. The molecule has 1 spiro atoms. The third kappa shape index (κ3) is 3.62. The summed E-state index contributed by atoms with van der Waals surface area (Å²) in [5.41, 5.74) is -2.59. The molecule has 4 aliphatic heterocycles. The Bertz CT molecular complexity index is 893. The Morgan fingerprint density at radius 1 is 1.00 bits per heavy atom. The summed E-state index contributed by atoms with van der Waals surface area (Å²) in [6.07, 6.45) is 9.69. The first-order chi connectivity index (χ1) is 15.5. The fourth-order valence-electron chi connectivity index (χ4n) is 6.06. The zero-order valence-electron chi connectivity index (χ0n) is 20.4. The molecule has 0 saturated carbocycles. The van der Waals surface area contributed by atoms with Crippen LogP contribution < -0.4 is 0 Å². The van der Waals surface area contributed by atoms with E-state index in [1.165, 1.54) is 0 Å². The van der Waals surface area contributed by atoms with E-state index in [1.807, 2.05) is 52.0 Å². The minimum Gasteiger partial charge on any atom is -0.396 e. The van der Waals surface area contributed by atoms with Gasteiger partial charge in [0.25, 0.3) is 0 Å². The monoisotopic (exact) mass is 459 g/mol. The highest BCUT2D eigenvalue weighted by Crippen LogP contribution is 2.57. The van der Waals surface area contributed by atoms with Crippen molar-refractivity contribution in [2.24, 2.45) is 11.8 Å². The molecule has 0 bridgehead atoms. The molecule has 4 heterocycles. The molecule has 0 aromatic heterocycles. The highest BCUT2D eigenvalue weighted by Gasteiger charge is 2.74. The van der Waals surface area contributed by atoms with Crippen LogP contribution in [0.15, 0.2) is 24.3 Å². The first-order valence-electron chi connectivity index (χ1n) is 12.0. The molecular formula is C25H37N3O5. The van der Waals surface area contributed by atoms with Gasteiger partial charge in [-0.15, -0.1) is 0 Å². The second kappa shape index (κ2) is 8.24. The Labute approximate surface area is 196 Å². The van der Waals surface area contributed by atoms with Crippen molar-refractivity contribution < 1.29 is 24.2 Å². The zero-order valence-corrected chi connectivity index (χ0v) is 20.4. The summed E-state index contributed by atoms with van der Waals surface area (Å²) in [5, 5.41) is 9.15. The average Bonchev–Trinajstić information content (AvgIpc) is 2.99. The van der Waals surface area contributed by atoms with Gasteiger partial charge in [-0.2, -0.15) is 0 Å². The number of rotatable bonds is 5. The second-order valence-corrected chi connectivity index (χ2v) is 11.0. The van der Waals surface area contributed by atoms with Crippen LogP contribution in [0.3, 0.4) is 0 Å². The van der Waals surface area contributed by atoms with E-state index in [2.05, 4.69) is 0 Å². The van der Waals surface area contributed by atoms with Crippen molar-refractivity contribution in [1.82, 2.24) is 14.7 Å². The molecule has 8 heteroatoms. The Kier molecular flexibility index (Phi) is 5.98. The molecule has 1 unspecified atom stereocenters. The molecule has 182 valence electrons. The SMILES string of the molecule is CN1CC=C[C@]2(C)O[C@]34C=CCN(C(C)(C)C)C(=O)C3N(CCCCCO)C(=O)[C@@H]4[C@@H]2C1=O. The largest absolute Gasteiger partial charge is 0.396 e. The molecular weight excluding hydrogens is 422 g/mol. The van der Waals surface area contributed by atoms with Crippen LogP contribution in [-0.2, 0) is 19.1 Å². The molecule has 4 rings (SSSR count). The predicted octanol–water partition coefficient (Wildman–Crippen LogP) is 1.34. The molecule has 4 aliphatic rings. The number of hydrogen-bond acceptors (Lipinski definition) is 5. The minimum atomic E-state index is -1.19. The molecule has 5 atom stereocenters. The second-order valence-electron chi connectivity index (χ2n) is 11.0. The van der Waals surface area contributed by atoms with Crippen molar-refractivity contribution in [3.8, 4) is 0 Å². The minimum absolute atomic E-state index is 0.0973. The van der Waals surface area contributed by atoms with Gasteiger partial charge in [0.2, 0.25) is 17.7 Å². The number of hydrogen-bond donors (Lipinski definition) is 1. The summed E-state index contributed by atoms with van der Waals surface area (Å²) >= 11 is 0. The smallest absolute Gasteiger partial charge is 0.249 e. The summed E-state index contributed by atoms with van der Waals surface area (Å²) in [4.78, 5) is 46.6. The number of unbranched alkanes of at least 4 members (excludes halogenated alkanes) is 2. The third-order valence-electron chi connectivity index (χ3n) is 7.63. The molecule has 33 heavy (non-hydrogen) atoms. The molecule has 0 aromatic carbocycles. The maximum absolute atomic E-state index is 14.0.